The summed E-state index contributed by atoms with van der Waals surface area (Å²) in [6, 6.07) is 7.08. The second-order valence-electron chi connectivity index (χ2n) is 2.98. The van der Waals surface area contributed by atoms with Crippen LogP contribution >= 0.6 is 11.6 Å². The van der Waals surface area contributed by atoms with Gasteiger partial charge in [-0.15, -0.1) is 0 Å². The van der Waals surface area contributed by atoms with Crippen LogP contribution in [0.3, 0.4) is 0 Å². The lowest BCUT2D eigenvalue weighted by Crippen LogP contribution is -2.07. The second kappa shape index (κ2) is 4.64. The maximum Gasteiger partial charge on any atom is 0.101 e. The molecule has 0 saturated heterocycles. The molecule has 0 bridgehead atoms. The zero-order valence-electron chi connectivity index (χ0n) is 8.03. The predicted octanol–water partition coefficient (Wildman–Crippen LogP) is 2.43. The molecule has 72 valence electrons. The van der Waals surface area contributed by atoms with Crippen molar-refractivity contribution in [2.75, 3.05) is 14.1 Å². The number of aliphatic imine (C=N–C) groups is 1. The van der Waals surface area contributed by atoms with Crippen molar-refractivity contribution >= 4 is 23.6 Å². The molecule has 0 fully saturated rings. The van der Waals surface area contributed by atoms with E-state index in [0.29, 0.717) is 16.3 Å². The number of benzene rings is 1. The van der Waals surface area contributed by atoms with E-state index in [4.69, 9.17) is 16.9 Å². The van der Waals surface area contributed by atoms with E-state index in [2.05, 4.69) is 4.99 Å². The lowest BCUT2D eigenvalue weighted by molar-refractivity contribution is 0.643. The van der Waals surface area contributed by atoms with Crippen LogP contribution in [0, 0.1) is 11.3 Å². The van der Waals surface area contributed by atoms with Crippen molar-refractivity contribution in [3.05, 3.63) is 28.8 Å². The Morgan fingerprint density at radius 3 is 2.79 bits per heavy atom. The lowest BCUT2D eigenvalue weighted by atomic mass is 10.2. The Morgan fingerprint density at radius 2 is 2.21 bits per heavy atom. The van der Waals surface area contributed by atoms with Crippen molar-refractivity contribution in [1.29, 1.82) is 5.26 Å². The van der Waals surface area contributed by atoms with E-state index in [9.17, 15) is 0 Å². The number of hydrogen-bond donors (Lipinski definition) is 0. The smallest absolute Gasteiger partial charge is 0.101 e. The summed E-state index contributed by atoms with van der Waals surface area (Å²) >= 11 is 5.74. The second-order valence-corrected chi connectivity index (χ2v) is 3.42. The van der Waals surface area contributed by atoms with Crippen LogP contribution in [0.5, 0.6) is 0 Å². The molecule has 14 heavy (non-hydrogen) atoms. The molecule has 1 aromatic carbocycles. The summed E-state index contributed by atoms with van der Waals surface area (Å²) in [6.45, 7) is 0. The predicted molar refractivity (Wildman–Crippen MR) is 58.0 cm³/mol. The van der Waals surface area contributed by atoms with Crippen molar-refractivity contribution in [1.82, 2.24) is 4.90 Å². The summed E-state index contributed by atoms with van der Waals surface area (Å²) in [6.07, 6.45) is 1.64. The number of hydrogen-bond acceptors (Lipinski definition) is 2. The Labute approximate surface area is 88.2 Å². The molecule has 0 amide bonds. The highest BCUT2D eigenvalue weighted by atomic mass is 35.5. The Morgan fingerprint density at radius 1 is 1.50 bits per heavy atom. The van der Waals surface area contributed by atoms with Gasteiger partial charge in [0.25, 0.3) is 0 Å². The third-order valence-corrected chi connectivity index (χ3v) is 1.74. The van der Waals surface area contributed by atoms with Gasteiger partial charge in [-0.25, -0.2) is 4.99 Å². The summed E-state index contributed by atoms with van der Waals surface area (Å²) in [4.78, 5) is 5.94. The van der Waals surface area contributed by atoms with Crippen LogP contribution in [-0.2, 0) is 0 Å². The molecule has 0 radical (unpaired) electrons. The van der Waals surface area contributed by atoms with Gasteiger partial charge < -0.3 is 4.90 Å². The minimum absolute atomic E-state index is 0.482. The summed E-state index contributed by atoms with van der Waals surface area (Å²) in [5.41, 5.74) is 1.11. The lowest BCUT2D eigenvalue weighted by Gasteiger charge is -2.03. The summed E-state index contributed by atoms with van der Waals surface area (Å²) in [5.74, 6) is 0. The highest BCUT2D eigenvalue weighted by Gasteiger charge is 2.00. The van der Waals surface area contributed by atoms with Gasteiger partial charge in [0.1, 0.15) is 6.07 Å². The molecule has 0 spiro atoms. The molecule has 4 heteroatoms. The van der Waals surface area contributed by atoms with Crippen molar-refractivity contribution in [2.24, 2.45) is 4.99 Å². The first-order valence-corrected chi connectivity index (χ1v) is 4.41. The zero-order chi connectivity index (χ0) is 10.6. The van der Waals surface area contributed by atoms with Crippen molar-refractivity contribution in [2.45, 2.75) is 0 Å². The minimum Gasteiger partial charge on any atom is -0.369 e. The molecule has 0 aliphatic rings. The van der Waals surface area contributed by atoms with E-state index in [1.54, 1.807) is 29.4 Å². The van der Waals surface area contributed by atoms with Gasteiger partial charge in [0.05, 0.1) is 17.6 Å². The van der Waals surface area contributed by atoms with Crippen molar-refractivity contribution in [3.8, 4) is 6.07 Å². The van der Waals surface area contributed by atoms with E-state index in [-0.39, 0.29) is 0 Å². The zero-order valence-corrected chi connectivity index (χ0v) is 8.78. The fourth-order valence-electron chi connectivity index (χ4n) is 0.888. The van der Waals surface area contributed by atoms with E-state index < -0.39 is 0 Å². The van der Waals surface area contributed by atoms with Crippen LogP contribution in [0.4, 0.5) is 5.69 Å². The number of nitrogens with zero attached hydrogens (tertiary/aromatic N) is 3. The largest absolute Gasteiger partial charge is 0.369 e. The first-order chi connectivity index (χ1) is 6.63. The van der Waals surface area contributed by atoms with Gasteiger partial charge in [-0.1, -0.05) is 11.6 Å². The average Bonchev–Trinajstić information content (AvgIpc) is 2.15. The molecular formula is C10H10ClN3. The average molecular weight is 208 g/mol. The first-order valence-electron chi connectivity index (χ1n) is 4.04. The highest BCUT2D eigenvalue weighted by Crippen LogP contribution is 2.21. The fourth-order valence-corrected chi connectivity index (χ4v) is 1.06. The molecule has 1 rings (SSSR count). The molecule has 0 unspecified atom stereocenters. The summed E-state index contributed by atoms with van der Waals surface area (Å²) in [5, 5.41) is 9.36. The molecule has 0 aromatic heterocycles. The normalized spacial score (nSPS) is 10.1. The quantitative estimate of drug-likeness (QED) is 0.552. The van der Waals surface area contributed by atoms with E-state index in [0.717, 1.165) is 0 Å². The van der Waals surface area contributed by atoms with Gasteiger partial charge >= 0.3 is 0 Å². The Bertz CT molecular complexity index is 391. The maximum atomic E-state index is 8.81. The Balaban J connectivity index is 3.04. The van der Waals surface area contributed by atoms with Crippen molar-refractivity contribution < 1.29 is 0 Å². The molecule has 1 aromatic rings. The first kappa shape index (κ1) is 10.6. The topological polar surface area (TPSA) is 39.4 Å². The van der Waals surface area contributed by atoms with Gasteiger partial charge in [0.15, 0.2) is 0 Å². The monoisotopic (exact) mass is 207 g/mol. The SMILES string of the molecule is CN(C)C=Nc1ccc(Cl)cc1C#N. The van der Waals surface area contributed by atoms with Gasteiger partial charge in [0.2, 0.25) is 0 Å². The molecule has 0 aliphatic heterocycles. The number of nitriles is 1. The molecule has 0 N–H and O–H groups in total. The maximum absolute atomic E-state index is 8.81. The summed E-state index contributed by atoms with van der Waals surface area (Å²) in [7, 11) is 3.73. The molecule has 0 heterocycles. The third-order valence-electron chi connectivity index (χ3n) is 1.51. The minimum atomic E-state index is 0.482. The number of halogens is 1. The molecule has 0 aliphatic carbocycles. The summed E-state index contributed by atoms with van der Waals surface area (Å²) < 4.78 is 0. The van der Waals surface area contributed by atoms with E-state index >= 15 is 0 Å². The van der Waals surface area contributed by atoms with Crippen molar-refractivity contribution in [3.63, 3.8) is 0 Å². The van der Waals surface area contributed by atoms with Gasteiger partial charge in [-0.3, -0.25) is 0 Å². The van der Waals surface area contributed by atoms with E-state index in [1.807, 2.05) is 20.2 Å². The fraction of sp³-hybridized carbons (Fsp3) is 0.200. The van der Waals surface area contributed by atoms with Crippen LogP contribution < -0.4 is 0 Å². The molecule has 3 nitrogen and oxygen atoms in total. The van der Waals surface area contributed by atoms with Crippen LogP contribution in [-0.4, -0.2) is 25.3 Å². The Hall–Kier alpha value is -1.53. The molecule has 0 saturated carbocycles. The van der Waals surface area contributed by atoms with Crippen LogP contribution in [0.25, 0.3) is 0 Å². The van der Waals surface area contributed by atoms with E-state index in [1.165, 1.54) is 0 Å². The third kappa shape index (κ3) is 2.75. The van der Waals surface area contributed by atoms with Crippen LogP contribution in [0.15, 0.2) is 23.2 Å². The standard InChI is InChI=1S/C10H10ClN3/c1-14(2)7-13-10-4-3-9(11)5-8(10)6-12/h3-5,7H,1-2H3. The van der Waals surface area contributed by atoms with Gasteiger partial charge in [-0.05, 0) is 18.2 Å². The Kier molecular flexibility index (Phi) is 3.49. The van der Waals surface area contributed by atoms with Gasteiger partial charge in [-0.2, -0.15) is 5.26 Å². The van der Waals surface area contributed by atoms with Crippen LogP contribution in [0.2, 0.25) is 5.02 Å². The molecule has 0 atom stereocenters. The van der Waals surface area contributed by atoms with Crippen LogP contribution in [0.1, 0.15) is 5.56 Å². The number of rotatable bonds is 2. The highest BCUT2D eigenvalue weighted by molar-refractivity contribution is 6.30. The van der Waals surface area contributed by atoms with Gasteiger partial charge in [0, 0.05) is 19.1 Å². The molecular weight excluding hydrogens is 198 g/mol.